The molecular formula is C15H17NO3S. The van der Waals surface area contributed by atoms with Crippen LogP contribution in [0.15, 0.2) is 47.4 Å². The summed E-state index contributed by atoms with van der Waals surface area (Å²) in [4.78, 5) is 0.186. The van der Waals surface area contributed by atoms with Gasteiger partial charge in [-0.05, 0) is 36.2 Å². The predicted molar refractivity (Wildman–Crippen MR) is 79.9 cm³/mol. The predicted octanol–water partition coefficient (Wildman–Crippen LogP) is 3.03. The van der Waals surface area contributed by atoms with Crippen molar-refractivity contribution in [1.29, 1.82) is 0 Å². The van der Waals surface area contributed by atoms with Gasteiger partial charge in [0.2, 0.25) is 0 Å². The number of nitrogens with two attached hydrogens (primary N) is 1. The molecule has 0 atom stereocenters. The molecule has 0 spiro atoms. The minimum absolute atomic E-state index is 0.186. The van der Waals surface area contributed by atoms with E-state index >= 15 is 0 Å². The van der Waals surface area contributed by atoms with Crippen molar-refractivity contribution in [3.63, 3.8) is 0 Å². The summed E-state index contributed by atoms with van der Waals surface area (Å²) in [5.41, 5.74) is 7.24. The lowest BCUT2D eigenvalue weighted by Gasteiger charge is -2.12. The number of rotatable bonds is 4. The van der Waals surface area contributed by atoms with Crippen LogP contribution in [-0.4, -0.2) is 14.7 Å². The van der Waals surface area contributed by atoms with Crippen LogP contribution in [0.1, 0.15) is 12.5 Å². The van der Waals surface area contributed by atoms with Gasteiger partial charge in [0.25, 0.3) is 0 Å². The van der Waals surface area contributed by atoms with Gasteiger partial charge in [0.1, 0.15) is 11.5 Å². The monoisotopic (exact) mass is 291 g/mol. The number of sulfone groups is 1. The van der Waals surface area contributed by atoms with E-state index < -0.39 is 9.84 Å². The molecule has 0 fully saturated rings. The lowest BCUT2D eigenvalue weighted by atomic mass is 10.1. The number of para-hydroxylation sites is 1. The molecule has 0 saturated carbocycles. The first-order valence-electron chi connectivity index (χ1n) is 6.27. The summed E-state index contributed by atoms with van der Waals surface area (Å²) in [6, 6.07) is 12.2. The van der Waals surface area contributed by atoms with Crippen LogP contribution in [0, 0.1) is 0 Å². The second-order valence-corrected chi connectivity index (χ2v) is 6.55. The standard InChI is InChI=1S/C15H17NO3S/c1-3-11-6-4-5-7-14(11)19-15-9-8-12(10-13(15)16)20(2,17)18/h4-10H,3,16H2,1-2H3. The van der Waals surface area contributed by atoms with E-state index in [1.54, 1.807) is 6.07 Å². The number of aryl methyl sites for hydroxylation is 1. The third-order valence-corrected chi connectivity index (χ3v) is 4.09. The summed E-state index contributed by atoms with van der Waals surface area (Å²) in [6.07, 6.45) is 1.99. The Bertz CT molecular complexity index is 724. The van der Waals surface area contributed by atoms with Crippen molar-refractivity contribution in [2.24, 2.45) is 0 Å². The van der Waals surface area contributed by atoms with Crippen LogP contribution < -0.4 is 10.5 Å². The minimum Gasteiger partial charge on any atom is -0.455 e. The quantitative estimate of drug-likeness (QED) is 0.879. The van der Waals surface area contributed by atoms with E-state index in [2.05, 4.69) is 0 Å². The maximum absolute atomic E-state index is 11.5. The molecule has 0 radical (unpaired) electrons. The molecule has 0 aliphatic heterocycles. The molecule has 4 nitrogen and oxygen atoms in total. The zero-order valence-corrected chi connectivity index (χ0v) is 12.3. The molecule has 0 aromatic heterocycles. The normalized spacial score (nSPS) is 11.3. The van der Waals surface area contributed by atoms with Gasteiger partial charge in [-0.2, -0.15) is 0 Å². The second-order valence-electron chi connectivity index (χ2n) is 4.54. The Labute approximate surface area is 119 Å². The van der Waals surface area contributed by atoms with Gasteiger partial charge < -0.3 is 10.5 Å². The highest BCUT2D eigenvalue weighted by molar-refractivity contribution is 7.90. The Balaban J connectivity index is 2.35. The van der Waals surface area contributed by atoms with Crippen LogP contribution in [-0.2, 0) is 16.3 Å². The molecule has 0 unspecified atom stereocenters. The zero-order chi connectivity index (χ0) is 14.8. The molecule has 0 heterocycles. The highest BCUT2D eigenvalue weighted by Gasteiger charge is 2.11. The molecule has 20 heavy (non-hydrogen) atoms. The van der Waals surface area contributed by atoms with Gasteiger partial charge in [0.15, 0.2) is 9.84 Å². The summed E-state index contributed by atoms with van der Waals surface area (Å²) in [7, 11) is -3.26. The number of benzene rings is 2. The molecule has 0 aliphatic carbocycles. The van der Waals surface area contributed by atoms with Crippen molar-refractivity contribution in [3.8, 4) is 11.5 Å². The molecule has 0 saturated heterocycles. The summed E-state index contributed by atoms with van der Waals surface area (Å²) in [6.45, 7) is 2.04. The number of nitrogen functional groups attached to an aromatic ring is 1. The van der Waals surface area contributed by atoms with E-state index in [1.807, 2.05) is 31.2 Å². The molecule has 2 aromatic carbocycles. The summed E-state index contributed by atoms with van der Waals surface area (Å²) >= 11 is 0. The van der Waals surface area contributed by atoms with Crippen molar-refractivity contribution >= 4 is 15.5 Å². The third kappa shape index (κ3) is 3.11. The fraction of sp³-hybridized carbons (Fsp3) is 0.200. The highest BCUT2D eigenvalue weighted by atomic mass is 32.2. The van der Waals surface area contributed by atoms with E-state index in [4.69, 9.17) is 10.5 Å². The van der Waals surface area contributed by atoms with Gasteiger partial charge in [0.05, 0.1) is 10.6 Å². The Morgan fingerprint density at radius 2 is 1.80 bits per heavy atom. The first kappa shape index (κ1) is 14.4. The van der Waals surface area contributed by atoms with Crippen molar-refractivity contribution in [3.05, 3.63) is 48.0 Å². The van der Waals surface area contributed by atoms with Crippen LogP contribution in [0.2, 0.25) is 0 Å². The average molecular weight is 291 g/mol. The number of ether oxygens (including phenoxy) is 1. The Hall–Kier alpha value is -2.01. The number of hydrogen-bond donors (Lipinski definition) is 1. The van der Waals surface area contributed by atoms with Crippen LogP contribution in [0.3, 0.4) is 0 Å². The summed E-state index contributed by atoms with van der Waals surface area (Å²) < 4.78 is 28.7. The average Bonchev–Trinajstić information content (AvgIpc) is 2.40. The molecule has 0 amide bonds. The molecule has 0 aliphatic rings. The molecule has 106 valence electrons. The Kier molecular flexibility index (Phi) is 3.99. The Morgan fingerprint density at radius 3 is 2.40 bits per heavy atom. The smallest absolute Gasteiger partial charge is 0.175 e. The summed E-state index contributed by atoms with van der Waals surface area (Å²) in [5, 5.41) is 0. The van der Waals surface area contributed by atoms with Crippen molar-refractivity contribution in [2.45, 2.75) is 18.2 Å². The maximum atomic E-state index is 11.5. The number of anilines is 1. The fourth-order valence-electron chi connectivity index (χ4n) is 1.86. The van der Waals surface area contributed by atoms with Crippen molar-refractivity contribution in [2.75, 3.05) is 12.0 Å². The van der Waals surface area contributed by atoms with E-state index in [1.165, 1.54) is 12.1 Å². The maximum Gasteiger partial charge on any atom is 0.175 e. The third-order valence-electron chi connectivity index (χ3n) is 2.98. The van der Waals surface area contributed by atoms with Crippen molar-refractivity contribution in [1.82, 2.24) is 0 Å². The van der Waals surface area contributed by atoms with Crippen LogP contribution in [0.25, 0.3) is 0 Å². The van der Waals surface area contributed by atoms with Gasteiger partial charge in [-0.3, -0.25) is 0 Å². The Morgan fingerprint density at radius 1 is 1.10 bits per heavy atom. The zero-order valence-electron chi connectivity index (χ0n) is 11.5. The molecule has 2 N–H and O–H groups in total. The van der Waals surface area contributed by atoms with Gasteiger partial charge in [0, 0.05) is 6.26 Å². The SMILES string of the molecule is CCc1ccccc1Oc1ccc(S(C)(=O)=O)cc1N. The van der Waals surface area contributed by atoms with E-state index in [-0.39, 0.29) is 4.90 Å². The molecular weight excluding hydrogens is 274 g/mol. The highest BCUT2D eigenvalue weighted by Crippen LogP contribution is 2.31. The fourth-order valence-corrected chi connectivity index (χ4v) is 2.52. The molecule has 2 rings (SSSR count). The van der Waals surface area contributed by atoms with E-state index in [0.717, 1.165) is 24.0 Å². The lowest BCUT2D eigenvalue weighted by Crippen LogP contribution is -2.00. The van der Waals surface area contributed by atoms with Gasteiger partial charge in [-0.15, -0.1) is 0 Å². The van der Waals surface area contributed by atoms with Crippen LogP contribution in [0.5, 0.6) is 11.5 Å². The molecule has 2 aromatic rings. The molecule has 0 bridgehead atoms. The van der Waals surface area contributed by atoms with Crippen LogP contribution in [0.4, 0.5) is 5.69 Å². The number of hydrogen-bond acceptors (Lipinski definition) is 4. The van der Waals surface area contributed by atoms with Crippen LogP contribution >= 0.6 is 0 Å². The second kappa shape index (κ2) is 5.54. The van der Waals surface area contributed by atoms with Gasteiger partial charge >= 0.3 is 0 Å². The van der Waals surface area contributed by atoms with Gasteiger partial charge in [-0.1, -0.05) is 25.1 Å². The largest absolute Gasteiger partial charge is 0.455 e. The van der Waals surface area contributed by atoms with Crippen molar-refractivity contribution < 1.29 is 13.2 Å². The van der Waals surface area contributed by atoms with Gasteiger partial charge in [-0.25, -0.2) is 8.42 Å². The first-order valence-corrected chi connectivity index (χ1v) is 8.16. The van der Waals surface area contributed by atoms with E-state index in [0.29, 0.717) is 11.4 Å². The lowest BCUT2D eigenvalue weighted by molar-refractivity contribution is 0.479. The minimum atomic E-state index is -3.26. The first-order chi connectivity index (χ1) is 9.41. The topological polar surface area (TPSA) is 69.4 Å². The molecule has 5 heteroatoms. The van der Waals surface area contributed by atoms with E-state index in [9.17, 15) is 8.42 Å². The summed E-state index contributed by atoms with van der Waals surface area (Å²) in [5.74, 6) is 1.19.